The number of amides is 1. The van der Waals surface area contributed by atoms with Gasteiger partial charge in [0, 0.05) is 25.7 Å². The Morgan fingerprint density at radius 2 is 1.88 bits per heavy atom. The highest BCUT2D eigenvalue weighted by atomic mass is 19.4. The summed E-state index contributed by atoms with van der Waals surface area (Å²) < 4.78 is 41.4. The highest BCUT2D eigenvalue weighted by Crippen LogP contribution is 2.39. The van der Waals surface area contributed by atoms with Crippen LogP contribution in [0.5, 0.6) is 5.75 Å². The van der Waals surface area contributed by atoms with E-state index in [9.17, 15) is 23.1 Å². The van der Waals surface area contributed by atoms with E-state index in [4.69, 9.17) is 0 Å². The monoisotopic (exact) mass is 464 g/mol. The molecule has 0 bridgehead atoms. The number of benzene rings is 1. The predicted molar refractivity (Wildman–Crippen MR) is 116 cm³/mol. The van der Waals surface area contributed by atoms with Crippen molar-refractivity contribution in [1.29, 1.82) is 0 Å². The SMILES string of the molecule is CN(CC1CC1)c1ncc(C(=O)NC[C@](C)(O)C2CC2)nc1-c1ccc(OC(F)(F)F)cc1. The molecule has 1 amide bonds. The molecular weight excluding hydrogens is 437 g/mol. The van der Waals surface area contributed by atoms with E-state index in [0.29, 0.717) is 23.0 Å². The van der Waals surface area contributed by atoms with Gasteiger partial charge in [-0.1, -0.05) is 0 Å². The zero-order valence-electron chi connectivity index (χ0n) is 18.5. The lowest BCUT2D eigenvalue weighted by Gasteiger charge is -2.23. The van der Waals surface area contributed by atoms with E-state index >= 15 is 0 Å². The van der Waals surface area contributed by atoms with Crippen LogP contribution in [-0.4, -0.2) is 53.1 Å². The maximum absolute atomic E-state index is 12.7. The Morgan fingerprint density at radius 3 is 2.45 bits per heavy atom. The van der Waals surface area contributed by atoms with E-state index in [2.05, 4.69) is 20.0 Å². The van der Waals surface area contributed by atoms with Gasteiger partial charge in [-0.3, -0.25) is 4.79 Å². The lowest BCUT2D eigenvalue weighted by Crippen LogP contribution is -2.42. The minimum atomic E-state index is -4.78. The summed E-state index contributed by atoms with van der Waals surface area (Å²) >= 11 is 0. The molecule has 1 heterocycles. The maximum atomic E-state index is 12.7. The molecule has 0 unspecified atom stereocenters. The number of alkyl halides is 3. The van der Waals surface area contributed by atoms with Gasteiger partial charge in [0.05, 0.1) is 11.8 Å². The van der Waals surface area contributed by atoms with Crippen molar-refractivity contribution in [2.45, 2.75) is 44.6 Å². The molecule has 178 valence electrons. The molecule has 1 atom stereocenters. The van der Waals surface area contributed by atoms with Crippen LogP contribution >= 0.6 is 0 Å². The molecule has 0 saturated heterocycles. The molecule has 2 aliphatic rings. The molecule has 1 aromatic heterocycles. The first-order chi connectivity index (χ1) is 15.5. The molecule has 0 aliphatic heterocycles. The number of aromatic nitrogens is 2. The lowest BCUT2D eigenvalue weighted by molar-refractivity contribution is -0.274. The van der Waals surface area contributed by atoms with E-state index < -0.39 is 17.9 Å². The van der Waals surface area contributed by atoms with Crippen LogP contribution in [0.1, 0.15) is 43.1 Å². The summed E-state index contributed by atoms with van der Waals surface area (Å²) in [4.78, 5) is 23.6. The van der Waals surface area contributed by atoms with Gasteiger partial charge in [-0.15, -0.1) is 13.2 Å². The number of rotatable bonds is 9. The average Bonchev–Trinajstić information content (AvgIpc) is 3.65. The van der Waals surface area contributed by atoms with Crippen molar-refractivity contribution in [1.82, 2.24) is 15.3 Å². The summed E-state index contributed by atoms with van der Waals surface area (Å²) in [7, 11) is 1.87. The van der Waals surface area contributed by atoms with E-state index in [1.54, 1.807) is 6.92 Å². The van der Waals surface area contributed by atoms with Gasteiger partial charge in [-0.2, -0.15) is 0 Å². The minimum Gasteiger partial charge on any atom is -0.406 e. The van der Waals surface area contributed by atoms with Gasteiger partial charge in [0.25, 0.3) is 5.91 Å². The van der Waals surface area contributed by atoms with Gasteiger partial charge in [0.15, 0.2) is 5.82 Å². The zero-order valence-corrected chi connectivity index (χ0v) is 18.5. The third kappa shape index (κ3) is 6.13. The number of hydrogen-bond acceptors (Lipinski definition) is 6. The van der Waals surface area contributed by atoms with Crippen molar-refractivity contribution in [3.05, 3.63) is 36.2 Å². The Labute approximate surface area is 190 Å². The van der Waals surface area contributed by atoms with Crippen molar-refractivity contribution in [3.63, 3.8) is 0 Å². The summed E-state index contributed by atoms with van der Waals surface area (Å²) in [5, 5.41) is 13.2. The molecule has 7 nitrogen and oxygen atoms in total. The van der Waals surface area contributed by atoms with Crippen molar-refractivity contribution >= 4 is 11.7 Å². The van der Waals surface area contributed by atoms with Crippen molar-refractivity contribution < 1.29 is 27.8 Å². The third-order valence-corrected chi connectivity index (χ3v) is 6.00. The second-order valence-electron chi connectivity index (χ2n) is 9.14. The van der Waals surface area contributed by atoms with Crippen LogP contribution in [0, 0.1) is 11.8 Å². The summed E-state index contributed by atoms with van der Waals surface area (Å²) in [5.41, 5.74) is -0.0200. The largest absolute Gasteiger partial charge is 0.573 e. The third-order valence-electron chi connectivity index (χ3n) is 6.00. The smallest absolute Gasteiger partial charge is 0.406 e. The van der Waals surface area contributed by atoms with E-state index in [-0.39, 0.29) is 23.9 Å². The van der Waals surface area contributed by atoms with Gasteiger partial charge >= 0.3 is 6.36 Å². The first kappa shape index (κ1) is 23.3. The number of anilines is 1. The van der Waals surface area contributed by atoms with E-state index in [1.807, 2.05) is 11.9 Å². The standard InChI is InChI=1S/C23H27F3N4O3/c1-22(32,16-7-8-16)13-28-21(31)18-11-27-20(30(2)12-14-3-4-14)19(29-18)15-5-9-17(10-6-15)33-23(24,25)26/h5-6,9-11,14,16,32H,3-4,7-8,12-13H2,1-2H3,(H,28,31)/t22-/m0/s1. The van der Waals surface area contributed by atoms with Gasteiger partial charge in [-0.05, 0) is 68.7 Å². The number of carbonyl (C=O) groups excluding carboxylic acids is 1. The fourth-order valence-corrected chi connectivity index (χ4v) is 3.75. The number of halogens is 3. The highest BCUT2D eigenvalue weighted by molar-refractivity contribution is 5.93. The van der Waals surface area contributed by atoms with E-state index in [0.717, 1.165) is 32.2 Å². The molecule has 2 saturated carbocycles. The second-order valence-corrected chi connectivity index (χ2v) is 9.14. The molecule has 1 aromatic carbocycles. The predicted octanol–water partition coefficient (Wildman–Crippen LogP) is 3.78. The first-order valence-electron chi connectivity index (χ1n) is 11.0. The Hall–Kier alpha value is -2.88. The van der Waals surface area contributed by atoms with Crippen LogP contribution in [-0.2, 0) is 0 Å². The summed E-state index contributed by atoms with van der Waals surface area (Å²) in [6.45, 7) is 2.57. The summed E-state index contributed by atoms with van der Waals surface area (Å²) in [5.74, 6) is 0.462. The highest BCUT2D eigenvalue weighted by Gasteiger charge is 2.40. The number of nitrogens with zero attached hydrogens (tertiary/aromatic N) is 3. The molecule has 2 aromatic rings. The van der Waals surface area contributed by atoms with Crippen LogP contribution in [0.25, 0.3) is 11.3 Å². The fraction of sp³-hybridized carbons (Fsp3) is 0.522. The van der Waals surface area contributed by atoms with Crippen LogP contribution in [0.2, 0.25) is 0 Å². The van der Waals surface area contributed by atoms with Gasteiger partial charge < -0.3 is 20.1 Å². The van der Waals surface area contributed by atoms with Crippen molar-refractivity contribution in [2.75, 3.05) is 25.0 Å². The first-order valence-corrected chi connectivity index (χ1v) is 11.0. The van der Waals surface area contributed by atoms with Gasteiger partial charge in [0.2, 0.25) is 0 Å². The quantitative estimate of drug-likeness (QED) is 0.587. The van der Waals surface area contributed by atoms with Crippen molar-refractivity contribution in [2.24, 2.45) is 11.8 Å². The number of aliphatic hydroxyl groups is 1. The zero-order chi connectivity index (χ0) is 23.8. The van der Waals surface area contributed by atoms with Gasteiger partial charge in [-0.25, -0.2) is 9.97 Å². The van der Waals surface area contributed by atoms with E-state index in [1.165, 1.54) is 30.5 Å². The molecule has 10 heteroatoms. The molecule has 33 heavy (non-hydrogen) atoms. The number of carbonyl (C=O) groups is 1. The topological polar surface area (TPSA) is 87.6 Å². The van der Waals surface area contributed by atoms with Crippen LogP contribution in [0.15, 0.2) is 30.5 Å². The van der Waals surface area contributed by atoms with Crippen molar-refractivity contribution in [3.8, 4) is 17.0 Å². The van der Waals surface area contributed by atoms with Crippen LogP contribution < -0.4 is 15.0 Å². The molecule has 4 rings (SSSR count). The van der Waals surface area contributed by atoms with Crippen LogP contribution in [0.4, 0.5) is 19.0 Å². The molecule has 2 aliphatic carbocycles. The lowest BCUT2D eigenvalue weighted by atomic mass is 10.0. The maximum Gasteiger partial charge on any atom is 0.573 e. The van der Waals surface area contributed by atoms with Gasteiger partial charge in [0.1, 0.15) is 17.1 Å². The average molecular weight is 464 g/mol. The summed E-state index contributed by atoms with van der Waals surface area (Å²) in [6, 6.07) is 5.32. The molecular formula is C23H27F3N4O3. The number of ether oxygens (including phenoxy) is 1. The normalized spacial score (nSPS) is 17.9. The number of hydrogen-bond donors (Lipinski definition) is 2. The fourth-order valence-electron chi connectivity index (χ4n) is 3.75. The molecule has 2 fully saturated rings. The molecule has 0 radical (unpaired) electrons. The molecule has 0 spiro atoms. The Morgan fingerprint density at radius 1 is 1.21 bits per heavy atom. The minimum absolute atomic E-state index is 0.0655. The Balaban J connectivity index is 1.58. The number of nitrogens with one attached hydrogen (secondary N) is 1. The van der Waals surface area contributed by atoms with Crippen LogP contribution in [0.3, 0.4) is 0 Å². The second kappa shape index (κ2) is 8.81. The summed E-state index contributed by atoms with van der Waals surface area (Å²) in [6.07, 6.45) is 0.739. The Kier molecular flexibility index (Phi) is 6.22. The Bertz CT molecular complexity index is 1000. The molecule has 2 N–H and O–H groups in total.